The van der Waals surface area contributed by atoms with Gasteiger partial charge in [0.25, 0.3) is 5.91 Å². The second-order valence-electron chi connectivity index (χ2n) is 8.15. The Balaban J connectivity index is 1.51. The number of nitrogens with zero attached hydrogens (tertiary/aromatic N) is 1. The molecule has 3 aromatic rings. The van der Waals surface area contributed by atoms with E-state index in [1.807, 2.05) is 64.1 Å². The fourth-order valence-electron chi connectivity index (χ4n) is 3.29. The van der Waals surface area contributed by atoms with Crippen molar-refractivity contribution in [1.29, 1.82) is 0 Å². The predicted molar refractivity (Wildman–Crippen MR) is 137 cm³/mol. The van der Waals surface area contributed by atoms with Crippen molar-refractivity contribution in [3.8, 4) is 5.75 Å². The summed E-state index contributed by atoms with van der Waals surface area (Å²) < 4.78 is 5.58. The van der Waals surface area contributed by atoms with Crippen LogP contribution in [0.3, 0.4) is 0 Å². The minimum absolute atomic E-state index is 0.163. The molecule has 3 N–H and O–H groups in total. The maximum absolute atomic E-state index is 12.3. The fraction of sp³-hybridized carbons (Fsp3) is 0.185. The fourth-order valence-corrected chi connectivity index (χ4v) is 3.29. The highest BCUT2D eigenvalue weighted by Crippen LogP contribution is 2.19. The topological polar surface area (TPSA) is 109 Å². The molecular formula is C27H28N4O4. The number of hydrogen-bond donors (Lipinski definition) is 3. The van der Waals surface area contributed by atoms with Crippen LogP contribution in [0.5, 0.6) is 5.75 Å². The molecule has 0 unspecified atom stereocenters. The van der Waals surface area contributed by atoms with E-state index in [2.05, 4.69) is 21.2 Å². The molecule has 0 aliphatic heterocycles. The number of hydrogen-bond acceptors (Lipinski definition) is 5. The SMILES string of the molecule is Cc1ccc(C)c(NC(=O)COc2cccc(/C=N\NC(=O)C(=O)Nc3c(C)cccc3C)c2)c1. The molecule has 8 nitrogen and oxygen atoms in total. The van der Waals surface area contributed by atoms with E-state index < -0.39 is 11.8 Å². The summed E-state index contributed by atoms with van der Waals surface area (Å²) in [5.41, 5.74) is 7.90. The van der Waals surface area contributed by atoms with E-state index in [1.54, 1.807) is 24.3 Å². The standard InChI is InChI=1S/C27H28N4O4/c1-17-11-12-18(2)23(13-17)29-24(32)16-35-22-10-6-9-21(14-22)15-28-31-27(34)26(33)30-25-19(3)7-5-8-20(25)4/h5-15H,16H2,1-4H3,(H,29,32)(H,30,33)(H,31,34)/b28-15-. The molecule has 0 aliphatic carbocycles. The number of carbonyl (C=O) groups is 3. The van der Waals surface area contributed by atoms with Crippen molar-refractivity contribution < 1.29 is 19.1 Å². The Labute approximate surface area is 204 Å². The van der Waals surface area contributed by atoms with Gasteiger partial charge < -0.3 is 15.4 Å². The first-order chi connectivity index (χ1) is 16.7. The number of benzene rings is 3. The number of nitrogens with one attached hydrogen (secondary N) is 3. The van der Waals surface area contributed by atoms with Gasteiger partial charge in [0, 0.05) is 11.4 Å². The molecular weight excluding hydrogens is 444 g/mol. The second kappa shape index (κ2) is 11.6. The van der Waals surface area contributed by atoms with Crippen LogP contribution in [0.15, 0.2) is 65.8 Å². The number of rotatable bonds is 7. The number of carbonyl (C=O) groups excluding carboxylic acids is 3. The maximum Gasteiger partial charge on any atom is 0.329 e. The van der Waals surface area contributed by atoms with Crippen molar-refractivity contribution in [3.05, 3.63) is 88.5 Å². The van der Waals surface area contributed by atoms with Crippen LogP contribution in [0, 0.1) is 27.7 Å². The number of amides is 3. The lowest BCUT2D eigenvalue weighted by molar-refractivity contribution is -0.136. The van der Waals surface area contributed by atoms with Gasteiger partial charge in [-0.2, -0.15) is 5.10 Å². The highest BCUT2D eigenvalue weighted by Gasteiger charge is 2.15. The zero-order valence-electron chi connectivity index (χ0n) is 20.1. The highest BCUT2D eigenvalue weighted by atomic mass is 16.5. The molecule has 35 heavy (non-hydrogen) atoms. The second-order valence-corrected chi connectivity index (χ2v) is 8.15. The first-order valence-electron chi connectivity index (χ1n) is 11.0. The van der Waals surface area contributed by atoms with E-state index in [9.17, 15) is 14.4 Å². The summed E-state index contributed by atoms with van der Waals surface area (Å²) in [5, 5.41) is 9.29. The molecule has 0 fully saturated rings. The van der Waals surface area contributed by atoms with Crippen molar-refractivity contribution in [2.45, 2.75) is 27.7 Å². The van der Waals surface area contributed by atoms with E-state index in [0.717, 1.165) is 27.9 Å². The van der Waals surface area contributed by atoms with Gasteiger partial charge in [-0.15, -0.1) is 0 Å². The maximum atomic E-state index is 12.3. The molecule has 3 rings (SSSR count). The van der Waals surface area contributed by atoms with Crippen LogP contribution in [0.4, 0.5) is 11.4 Å². The molecule has 0 radical (unpaired) electrons. The smallest absolute Gasteiger partial charge is 0.329 e. The largest absolute Gasteiger partial charge is 0.484 e. The van der Waals surface area contributed by atoms with Crippen LogP contribution in [0.25, 0.3) is 0 Å². The van der Waals surface area contributed by atoms with Crippen molar-refractivity contribution in [1.82, 2.24) is 5.43 Å². The lowest BCUT2D eigenvalue weighted by Gasteiger charge is -2.11. The Morgan fingerprint density at radius 3 is 2.29 bits per heavy atom. The van der Waals surface area contributed by atoms with Crippen LogP contribution < -0.4 is 20.8 Å². The average Bonchev–Trinajstić information content (AvgIpc) is 2.82. The predicted octanol–water partition coefficient (Wildman–Crippen LogP) is 4.03. The molecule has 0 aromatic heterocycles. The summed E-state index contributed by atoms with van der Waals surface area (Å²) in [6, 6.07) is 18.2. The molecule has 0 bridgehead atoms. The molecule has 0 spiro atoms. The van der Waals surface area contributed by atoms with E-state index >= 15 is 0 Å². The van der Waals surface area contributed by atoms with Gasteiger partial charge in [0.1, 0.15) is 5.75 Å². The lowest BCUT2D eigenvalue weighted by atomic mass is 10.1. The molecule has 3 aromatic carbocycles. The van der Waals surface area contributed by atoms with Gasteiger partial charge in [0.15, 0.2) is 6.61 Å². The van der Waals surface area contributed by atoms with Crippen LogP contribution in [0.1, 0.15) is 27.8 Å². The summed E-state index contributed by atoms with van der Waals surface area (Å²) in [6.07, 6.45) is 1.38. The Bertz CT molecular complexity index is 1260. The Morgan fingerprint density at radius 2 is 1.54 bits per heavy atom. The third kappa shape index (κ3) is 7.26. The molecule has 0 aliphatic rings. The summed E-state index contributed by atoms with van der Waals surface area (Å²) in [6.45, 7) is 7.41. The van der Waals surface area contributed by atoms with Crippen LogP contribution in [-0.4, -0.2) is 30.5 Å². The highest BCUT2D eigenvalue weighted by molar-refractivity contribution is 6.39. The average molecular weight is 473 g/mol. The van der Waals surface area contributed by atoms with Crippen molar-refractivity contribution in [2.75, 3.05) is 17.2 Å². The van der Waals surface area contributed by atoms with E-state index in [4.69, 9.17) is 4.74 Å². The van der Waals surface area contributed by atoms with E-state index in [0.29, 0.717) is 17.0 Å². The van der Waals surface area contributed by atoms with Crippen molar-refractivity contribution >= 4 is 35.3 Å². The summed E-state index contributed by atoms with van der Waals surface area (Å²) in [5.74, 6) is -1.52. The Kier molecular flexibility index (Phi) is 8.34. The lowest BCUT2D eigenvalue weighted by Crippen LogP contribution is -2.32. The minimum Gasteiger partial charge on any atom is -0.484 e. The molecule has 3 amide bonds. The molecule has 0 saturated heterocycles. The van der Waals surface area contributed by atoms with Crippen molar-refractivity contribution in [2.24, 2.45) is 5.10 Å². The Hall–Kier alpha value is -4.46. The van der Waals surface area contributed by atoms with Crippen LogP contribution >= 0.6 is 0 Å². The van der Waals surface area contributed by atoms with E-state index in [-0.39, 0.29) is 12.5 Å². The molecule has 0 heterocycles. The number of ether oxygens (including phenoxy) is 1. The van der Waals surface area contributed by atoms with Crippen LogP contribution in [-0.2, 0) is 14.4 Å². The van der Waals surface area contributed by atoms with Gasteiger partial charge in [-0.25, -0.2) is 5.43 Å². The monoisotopic (exact) mass is 472 g/mol. The zero-order chi connectivity index (χ0) is 25.4. The molecule has 180 valence electrons. The number of hydrazone groups is 1. The summed E-state index contributed by atoms with van der Waals surface area (Å²) in [4.78, 5) is 36.5. The Morgan fingerprint density at radius 1 is 0.829 bits per heavy atom. The first kappa shape index (κ1) is 25.2. The molecule has 0 saturated carbocycles. The van der Waals surface area contributed by atoms with E-state index in [1.165, 1.54) is 6.21 Å². The quantitative estimate of drug-likeness (QED) is 0.274. The number of aryl methyl sites for hydroxylation is 4. The van der Waals surface area contributed by atoms with Crippen molar-refractivity contribution in [3.63, 3.8) is 0 Å². The number of anilines is 2. The van der Waals surface area contributed by atoms with Gasteiger partial charge in [-0.1, -0.05) is 42.5 Å². The van der Waals surface area contributed by atoms with Gasteiger partial charge in [0.05, 0.1) is 6.21 Å². The summed E-state index contributed by atoms with van der Waals surface area (Å²) in [7, 11) is 0. The molecule has 0 atom stereocenters. The third-order valence-electron chi connectivity index (χ3n) is 5.20. The van der Waals surface area contributed by atoms with Gasteiger partial charge in [0.2, 0.25) is 0 Å². The minimum atomic E-state index is -0.889. The van der Waals surface area contributed by atoms with Gasteiger partial charge in [-0.3, -0.25) is 14.4 Å². The zero-order valence-corrected chi connectivity index (χ0v) is 20.1. The third-order valence-corrected chi connectivity index (χ3v) is 5.20. The summed E-state index contributed by atoms with van der Waals surface area (Å²) >= 11 is 0. The first-order valence-corrected chi connectivity index (χ1v) is 11.0. The van der Waals surface area contributed by atoms with Crippen LogP contribution in [0.2, 0.25) is 0 Å². The number of para-hydroxylation sites is 1. The van der Waals surface area contributed by atoms with Gasteiger partial charge in [-0.05, 0) is 73.7 Å². The molecule has 8 heteroatoms. The van der Waals surface area contributed by atoms with Gasteiger partial charge >= 0.3 is 11.8 Å². The normalized spacial score (nSPS) is 10.6.